The molecule has 2 fully saturated rings. The number of rotatable bonds is 3. The lowest BCUT2D eigenvalue weighted by atomic mass is 9.83. The second-order valence-corrected chi connectivity index (χ2v) is 4.37. The Morgan fingerprint density at radius 3 is 2.46 bits per heavy atom. The molecule has 1 heterocycles. The Hall–Kier alpha value is -0.570. The van der Waals surface area contributed by atoms with Crippen LogP contribution >= 0.6 is 0 Å². The van der Waals surface area contributed by atoms with Crippen LogP contribution in [0.25, 0.3) is 0 Å². The molecule has 3 nitrogen and oxygen atoms in total. The van der Waals surface area contributed by atoms with Crippen molar-refractivity contribution in [2.75, 3.05) is 19.7 Å². The molecule has 0 bridgehead atoms. The molecule has 1 amide bonds. The molecule has 1 atom stereocenters. The second-order valence-electron chi connectivity index (χ2n) is 4.37. The van der Waals surface area contributed by atoms with Gasteiger partial charge in [-0.05, 0) is 30.6 Å². The van der Waals surface area contributed by atoms with Crippen LogP contribution in [0.1, 0.15) is 19.8 Å². The van der Waals surface area contributed by atoms with Crippen LogP contribution in [0.2, 0.25) is 0 Å². The van der Waals surface area contributed by atoms with E-state index in [1.54, 1.807) is 6.92 Å². The number of hydrogen-bond donors (Lipinski definition) is 1. The maximum Gasteiger partial charge on any atom is 0.219 e. The standard InChI is InChI=1S/C10H17NO2/c1-7(13)11-4-9(5-11)10(6-12)8-2-3-8/h8-10,12H,2-6H2,1H3. The minimum absolute atomic E-state index is 0.170. The quantitative estimate of drug-likeness (QED) is 0.691. The van der Waals surface area contributed by atoms with E-state index in [9.17, 15) is 9.90 Å². The van der Waals surface area contributed by atoms with Crippen LogP contribution in [-0.2, 0) is 4.79 Å². The summed E-state index contributed by atoms with van der Waals surface area (Å²) in [6.45, 7) is 3.66. The fraction of sp³-hybridized carbons (Fsp3) is 0.900. The van der Waals surface area contributed by atoms with Gasteiger partial charge in [0.25, 0.3) is 0 Å². The molecule has 3 heteroatoms. The molecule has 1 saturated heterocycles. The van der Waals surface area contributed by atoms with Crippen LogP contribution in [0.5, 0.6) is 0 Å². The van der Waals surface area contributed by atoms with E-state index in [4.69, 9.17) is 0 Å². The molecule has 2 rings (SSSR count). The topological polar surface area (TPSA) is 40.5 Å². The zero-order chi connectivity index (χ0) is 9.42. The van der Waals surface area contributed by atoms with Gasteiger partial charge in [-0.15, -0.1) is 0 Å². The SMILES string of the molecule is CC(=O)N1CC(C(CO)C2CC2)C1. The first-order valence-electron chi connectivity index (χ1n) is 5.08. The molecule has 1 saturated carbocycles. The smallest absolute Gasteiger partial charge is 0.219 e. The number of nitrogens with zero attached hydrogens (tertiary/aromatic N) is 1. The largest absolute Gasteiger partial charge is 0.396 e. The van der Waals surface area contributed by atoms with Gasteiger partial charge < -0.3 is 10.0 Å². The number of likely N-dealkylation sites (tertiary alicyclic amines) is 1. The van der Waals surface area contributed by atoms with Crippen LogP contribution in [-0.4, -0.2) is 35.6 Å². The summed E-state index contributed by atoms with van der Waals surface area (Å²) >= 11 is 0. The van der Waals surface area contributed by atoms with Gasteiger partial charge in [0, 0.05) is 26.6 Å². The van der Waals surface area contributed by atoms with Gasteiger partial charge in [0.1, 0.15) is 0 Å². The summed E-state index contributed by atoms with van der Waals surface area (Å²) < 4.78 is 0. The fourth-order valence-electron chi connectivity index (χ4n) is 2.25. The van der Waals surface area contributed by atoms with Gasteiger partial charge in [-0.25, -0.2) is 0 Å². The summed E-state index contributed by atoms with van der Waals surface area (Å²) in [6.07, 6.45) is 2.56. The molecule has 13 heavy (non-hydrogen) atoms. The molecule has 0 spiro atoms. The van der Waals surface area contributed by atoms with Gasteiger partial charge in [0.05, 0.1) is 0 Å². The summed E-state index contributed by atoms with van der Waals surface area (Å²) in [5.74, 6) is 1.96. The highest BCUT2D eigenvalue weighted by molar-refractivity contribution is 5.74. The van der Waals surface area contributed by atoms with Crippen molar-refractivity contribution in [2.24, 2.45) is 17.8 Å². The summed E-state index contributed by atoms with van der Waals surface area (Å²) in [7, 11) is 0. The van der Waals surface area contributed by atoms with Crippen molar-refractivity contribution in [1.82, 2.24) is 4.90 Å². The number of aliphatic hydroxyl groups excluding tert-OH is 1. The maximum atomic E-state index is 10.9. The Balaban J connectivity index is 1.80. The number of amides is 1. The van der Waals surface area contributed by atoms with Crippen LogP contribution in [0.4, 0.5) is 0 Å². The number of hydrogen-bond acceptors (Lipinski definition) is 2. The molecule has 1 aliphatic heterocycles. The molecule has 0 aromatic carbocycles. The van der Waals surface area contributed by atoms with E-state index in [2.05, 4.69) is 0 Å². The van der Waals surface area contributed by atoms with Gasteiger partial charge in [-0.3, -0.25) is 4.79 Å². The summed E-state index contributed by atoms with van der Waals surface area (Å²) in [5.41, 5.74) is 0. The predicted octanol–water partition coefficient (Wildman–Crippen LogP) is 0.483. The highest BCUT2D eigenvalue weighted by Crippen LogP contribution is 2.42. The summed E-state index contributed by atoms with van der Waals surface area (Å²) in [6, 6.07) is 0. The van der Waals surface area contributed by atoms with E-state index in [0.717, 1.165) is 19.0 Å². The van der Waals surface area contributed by atoms with E-state index in [0.29, 0.717) is 18.4 Å². The second kappa shape index (κ2) is 3.29. The third-order valence-electron chi connectivity index (χ3n) is 3.40. The van der Waals surface area contributed by atoms with Crippen LogP contribution in [0.15, 0.2) is 0 Å². The first-order valence-corrected chi connectivity index (χ1v) is 5.08. The average Bonchev–Trinajstić information content (AvgIpc) is 2.76. The Labute approximate surface area is 78.7 Å². The highest BCUT2D eigenvalue weighted by Gasteiger charge is 2.41. The summed E-state index contributed by atoms with van der Waals surface area (Å²) in [4.78, 5) is 12.8. The van der Waals surface area contributed by atoms with E-state index >= 15 is 0 Å². The highest BCUT2D eigenvalue weighted by atomic mass is 16.3. The molecule has 1 aliphatic carbocycles. The normalized spacial score (nSPS) is 25.5. The Morgan fingerprint density at radius 1 is 1.46 bits per heavy atom. The van der Waals surface area contributed by atoms with Crippen molar-refractivity contribution in [2.45, 2.75) is 19.8 Å². The van der Waals surface area contributed by atoms with Gasteiger partial charge in [-0.2, -0.15) is 0 Å². The molecule has 1 unspecified atom stereocenters. The monoisotopic (exact) mass is 183 g/mol. The Bertz CT molecular complexity index is 207. The zero-order valence-electron chi connectivity index (χ0n) is 8.07. The van der Waals surface area contributed by atoms with Gasteiger partial charge >= 0.3 is 0 Å². The fourth-order valence-corrected chi connectivity index (χ4v) is 2.25. The lowest BCUT2D eigenvalue weighted by Crippen LogP contribution is -2.53. The van der Waals surface area contributed by atoms with Crippen molar-refractivity contribution in [3.05, 3.63) is 0 Å². The summed E-state index contributed by atoms with van der Waals surface area (Å²) in [5, 5.41) is 9.19. The average molecular weight is 183 g/mol. The van der Waals surface area contributed by atoms with Crippen molar-refractivity contribution >= 4 is 5.91 Å². The van der Waals surface area contributed by atoms with Gasteiger partial charge in [0.15, 0.2) is 0 Å². The maximum absolute atomic E-state index is 10.9. The predicted molar refractivity (Wildman–Crippen MR) is 49.0 cm³/mol. The molecule has 0 radical (unpaired) electrons. The van der Waals surface area contributed by atoms with Crippen LogP contribution < -0.4 is 0 Å². The molecule has 0 aromatic heterocycles. The molecule has 0 aromatic rings. The molecule has 74 valence electrons. The Morgan fingerprint density at radius 2 is 2.08 bits per heavy atom. The molecular formula is C10H17NO2. The lowest BCUT2D eigenvalue weighted by molar-refractivity contribution is -0.137. The van der Waals surface area contributed by atoms with E-state index in [-0.39, 0.29) is 5.91 Å². The third-order valence-corrected chi connectivity index (χ3v) is 3.40. The van der Waals surface area contributed by atoms with Crippen molar-refractivity contribution < 1.29 is 9.90 Å². The first kappa shape index (κ1) is 9.00. The Kier molecular flexibility index (Phi) is 2.28. The zero-order valence-corrected chi connectivity index (χ0v) is 8.07. The van der Waals surface area contributed by atoms with Gasteiger partial charge in [0.2, 0.25) is 5.91 Å². The minimum Gasteiger partial charge on any atom is -0.396 e. The van der Waals surface area contributed by atoms with E-state index in [1.165, 1.54) is 12.8 Å². The first-order chi connectivity index (χ1) is 6.22. The van der Waals surface area contributed by atoms with Crippen molar-refractivity contribution in [1.29, 1.82) is 0 Å². The number of carbonyl (C=O) groups is 1. The van der Waals surface area contributed by atoms with Crippen LogP contribution in [0, 0.1) is 17.8 Å². The van der Waals surface area contributed by atoms with E-state index in [1.807, 2.05) is 4.90 Å². The van der Waals surface area contributed by atoms with Crippen molar-refractivity contribution in [3.63, 3.8) is 0 Å². The third kappa shape index (κ3) is 1.70. The number of aliphatic hydroxyl groups is 1. The molecule has 2 aliphatic rings. The molecular weight excluding hydrogens is 166 g/mol. The van der Waals surface area contributed by atoms with Crippen LogP contribution in [0.3, 0.4) is 0 Å². The number of carbonyl (C=O) groups excluding carboxylic acids is 1. The molecule has 1 N–H and O–H groups in total. The minimum atomic E-state index is 0.170. The van der Waals surface area contributed by atoms with Crippen molar-refractivity contribution in [3.8, 4) is 0 Å². The van der Waals surface area contributed by atoms with E-state index < -0.39 is 0 Å². The lowest BCUT2D eigenvalue weighted by Gasteiger charge is -2.42. The van der Waals surface area contributed by atoms with Gasteiger partial charge in [-0.1, -0.05) is 0 Å².